The van der Waals surface area contributed by atoms with Crippen molar-refractivity contribution in [3.63, 3.8) is 0 Å². The van der Waals surface area contributed by atoms with Crippen LogP contribution in [-0.2, 0) is 0 Å². The Hall–Kier alpha value is -2.55. The molecule has 3 nitrogen and oxygen atoms in total. The smallest absolute Gasteiger partial charge is 0.0722 e. The van der Waals surface area contributed by atoms with Gasteiger partial charge in [-0.3, -0.25) is 4.98 Å². The maximum Gasteiger partial charge on any atom is 0.0722 e. The molecule has 2 aromatic carbocycles. The molecule has 122 valence electrons. The van der Waals surface area contributed by atoms with Gasteiger partial charge in [-0.25, -0.2) is 0 Å². The summed E-state index contributed by atoms with van der Waals surface area (Å²) in [5.41, 5.74) is 4.81. The fourth-order valence-electron chi connectivity index (χ4n) is 3.70. The van der Waals surface area contributed by atoms with Gasteiger partial charge in [0, 0.05) is 42.1 Å². The zero-order valence-corrected chi connectivity index (χ0v) is 14.1. The van der Waals surface area contributed by atoms with Crippen LogP contribution in [-0.4, -0.2) is 24.1 Å². The van der Waals surface area contributed by atoms with E-state index in [1.165, 1.54) is 35.2 Å². The summed E-state index contributed by atoms with van der Waals surface area (Å²) in [6.07, 6.45) is 4.47. The van der Waals surface area contributed by atoms with Gasteiger partial charge < -0.3 is 10.2 Å². The van der Waals surface area contributed by atoms with Crippen LogP contribution >= 0.6 is 0 Å². The number of benzene rings is 2. The summed E-state index contributed by atoms with van der Waals surface area (Å²) in [4.78, 5) is 7.07. The van der Waals surface area contributed by atoms with Crippen molar-refractivity contribution >= 4 is 22.3 Å². The van der Waals surface area contributed by atoms with Crippen LogP contribution in [0, 0.1) is 6.92 Å². The molecule has 0 aliphatic carbocycles. The molecular weight excluding hydrogens is 294 g/mol. The molecule has 3 aromatic rings. The predicted octanol–water partition coefficient (Wildman–Crippen LogP) is 4.62. The van der Waals surface area contributed by atoms with Crippen LogP contribution < -0.4 is 10.2 Å². The normalized spacial score (nSPS) is 17.4. The van der Waals surface area contributed by atoms with Gasteiger partial charge in [-0.2, -0.15) is 0 Å². The molecule has 1 unspecified atom stereocenters. The van der Waals surface area contributed by atoms with Gasteiger partial charge in [-0.15, -0.1) is 0 Å². The highest BCUT2D eigenvalue weighted by atomic mass is 15.2. The molecule has 1 N–H and O–H groups in total. The van der Waals surface area contributed by atoms with E-state index in [1.807, 2.05) is 12.3 Å². The van der Waals surface area contributed by atoms with Gasteiger partial charge in [-0.05, 0) is 43.5 Å². The first kappa shape index (κ1) is 15.0. The first-order valence-corrected chi connectivity index (χ1v) is 8.73. The standard InChI is InChI=1S/C21H23N3/c1-16-14-22-20-12-6-5-11-19(20)21(16)23-15-18-10-7-13-24(18)17-8-3-2-4-9-17/h2-6,8-9,11-12,14,18H,7,10,13,15H2,1H3,(H,22,23). The second-order valence-electron chi connectivity index (χ2n) is 6.54. The summed E-state index contributed by atoms with van der Waals surface area (Å²) in [7, 11) is 0. The SMILES string of the molecule is Cc1cnc2ccccc2c1NCC1CCCN1c1ccccc1. The van der Waals surface area contributed by atoms with E-state index in [0.717, 1.165) is 18.6 Å². The third-order valence-corrected chi connectivity index (χ3v) is 4.94. The number of hydrogen-bond donors (Lipinski definition) is 1. The minimum absolute atomic E-state index is 0.540. The molecule has 0 bridgehead atoms. The van der Waals surface area contributed by atoms with E-state index in [-0.39, 0.29) is 0 Å². The molecule has 1 aliphatic heterocycles. The second kappa shape index (κ2) is 6.52. The van der Waals surface area contributed by atoms with E-state index < -0.39 is 0 Å². The number of rotatable bonds is 4. The molecule has 1 fully saturated rings. The fourth-order valence-corrected chi connectivity index (χ4v) is 3.70. The second-order valence-corrected chi connectivity index (χ2v) is 6.54. The van der Waals surface area contributed by atoms with E-state index in [4.69, 9.17) is 0 Å². The van der Waals surface area contributed by atoms with Crippen LogP contribution in [0.2, 0.25) is 0 Å². The van der Waals surface area contributed by atoms with E-state index in [0.29, 0.717) is 6.04 Å². The Kier molecular flexibility index (Phi) is 4.08. The van der Waals surface area contributed by atoms with Gasteiger partial charge in [-0.1, -0.05) is 36.4 Å². The van der Waals surface area contributed by atoms with Gasteiger partial charge in [0.2, 0.25) is 0 Å². The van der Waals surface area contributed by atoms with Crippen LogP contribution in [0.1, 0.15) is 18.4 Å². The molecule has 4 rings (SSSR count). The molecular formula is C21H23N3. The Balaban J connectivity index is 1.56. The van der Waals surface area contributed by atoms with Crippen molar-refractivity contribution in [2.24, 2.45) is 0 Å². The molecule has 2 heterocycles. The quantitative estimate of drug-likeness (QED) is 0.761. The number of para-hydroxylation sites is 2. The number of anilines is 2. The van der Waals surface area contributed by atoms with Crippen molar-refractivity contribution in [1.29, 1.82) is 0 Å². The Bertz CT molecular complexity index is 829. The predicted molar refractivity (Wildman–Crippen MR) is 102 cm³/mol. The van der Waals surface area contributed by atoms with Crippen molar-refractivity contribution in [2.45, 2.75) is 25.8 Å². The molecule has 3 heteroatoms. The fraction of sp³-hybridized carbons (Fsp3) is 0.286. The first-order chi connectivity index (χ1) is 11.8. The molecule has 0 radical (unpaired) electrons. The van der Waals surface area contributed by atoms with E-state index in [1.54, 1.807) is 0 Å². The molecule has 0 amide bonds. The third kappa shape index (κ3) is 2.82. The van der Waals surface area contributed by atoms with Gasteiger partial charge in [0.1, 0.15) is 0 Å². The average Bonchev–Trinajstić information content (AvgIpc) is 3.10. The largest absolute Gasteiger partial charge is 0.382 e. The lowest BCUT2D eigenvalue weighted by molar-refractivity contribution is 0.697. The number of fused-ring (bicyclic) bond motifs is 1. The highest BCUT2D eigenvalue weighted by molar-refractivity contribution is 5.92. The number of hydrogen-bond acceptors (Lipinski definition) is 3. The lowest BCUT2D eigenvalue weighted by Crippen LogP contribution is -2.35. The maximum atomic E-state index is 4.53. The Morgan fingerprint density at radius 3 is 2.75 bits per heavy atom. The molecule has 1 atom stereocenters. The zero-order chi connectivity index (χ0) is 16.4. The lowest BCUT2D eigenvalue weighted by atomic mass is 10.1. The van der Waals surface area contributed by atoms with Crippen molar-refractivity contribution < 1.29 is 0 Å². The third-order valence-electron chi connectivity index (χ3n) is 4.94. The molecule has 0 spiro atoms. The minimum atomic E-state index is 0.540. The molecule has 24 heavy (non-hydrogen) atoms. The van der Waals surface area contributed by atoms with Crippen molar-refractivity contribution in [3.8, 4) is 0 Å². The Morgan fingerprint density at radius 2 is 1.88 bits per heavy atom. The van der Waals surface area contributed by atoms with E-state index >= 15 is 0 Å². The topological polar surface area (TPSA) is 28.2 Å². The van der Waals surface area contributed by atoms with Crippen LogP contribution in [0.15, 0.2) is 60.8 Å². The number of aromatic nitrogens is 1. The molecule has 1 saturated heterocycles. The Morgan fingerprint density at radius 1 is 1.08 bits per heavy atom. The van der Waals surface area contributed by atoms with E-state index in [2.05, 4.69) is 70.7 Å². The maximum absolute atomic E-state index is 4.53. The monoisotopic (exact) mass is 317 g/mol. The van der Waals surface area contributed by atoms with Gasteiger partial charge in [0.25, 0.3) is 0 Å². The minimum Gasteiger partial charge on any atom is -0.382 e. The number of nitrogens with one attached hydrogen (secondary N) is 1. The van der Waals surface area contributed by atoms with Crippen molar-refractivity contribution in [3.05, 3.63) is 66.4 Å². The highest BCUT2D eigenvalue weighted by Crippen LogP contribution is 2.28. The Labute approximate surface area is 143 Å². The number of pyridine rings is 1. The van der Waals surface area contributed by atoms with Crippen molar-refractivity contribution in [2.75, 3.05) is 23.3 Å². The lowest BCUT2D eigenvalue weighted by Gasteiger charge is -2.28. The highest BCUT2D eigenvalue weighted by Gasteiger charge is 2.24. The summed E-state index contributed by atoms with van der Waals surface area (Å²) in [5, 5.41) is 4.93. The average molecular weight is 317 g/mol. The number of aryl methyl sites for hydroxylation is 1. The van der Waals surface area contributed by atoms with Gasteiger partial charge >= 0.3 is 0 Å². The van der Waals surface area contributed by atoms with Crippen LogP contribution in [0.4, 0.5) is 11.4 Å². The first-order valence-electron chi connectivity index (χ1n) is 8.73. The summed E-state index contributed by atoms with van der Waals surface area (Å²) < 4.78 is 0. The number of nitrogens with zero attached hydrogens (tertiary/aromatic N) is 2. The summed E-state index contributed by atoms with van der Waals surface area (Å²) in [6.45, 7) is 4.24. The zero-order valence-electron chi connectivity index (χ0n) is 14.1. The van der Waals surface area contributed by atoms with Crippen LogP contribution in [0.25, 0.3) is 10.9 Å². The summed E-state index contributed by atoms with van der Waals surface area (Å²) in [6, 6.07) is 19.7. The van der Waals surface area contributed by atoms with Gasteiger partial charge in [0.05, 0.1) is 5.52 Å². The van der Waals surface area contributed by atoms with E-state index in [9.17, 15) is 0 Å². The molecule has 0 saturated carbocycles. The van der Waals surface area contributed by atoms with Crippen LogP contribution in [0.5, 0.6) is 0 Å². The summed E-state index contributed by atoms with van der Waals surface area (Å²) >= 11 is 0. The summed E-state index contributed by atoms with van der Waals surface area (Å²) in [5.74, 6) is 0. The van der Waals surface area contributed by atoms with Crippen LogP contribution in [0.3, 0.4) is 0 Å². The molecule has 1 aliphatic rings. The van der Waals surface area contributed by atoms with Gasteiger partial charge in [0.15, 0.2) is 0 Å². The van der Waals surface area contributed by atoms with Crippen molar-refractivity contribution in [1.82, 2.24) is 4.98 Å². The molecule has 1 aromatic heterocycles.